The number of amides is 1. The number of ether oxygens (including phenoxy) is 1. The Bertz CT molecular complexity index is 1530. The molecule has 0 aliphatic rings. The molecular formula is C28H23Cl2FN2O4S. The first-order valence-electron chi connectivity index (χ1n) is 11.4. The van der Waals surface area contributed by atoms with Gasteiger partial charge in [0.2, 0.25) is 0 Å². The van der Waals surface area contributed by atoms with Crippen LogP contribution in [0, 0.1) is 12.7 Å². The van der Waals surface area contributed by atoms with Crippen LogP contribution >= 0.6 is 23.2 Å². The molecule has 4 rings (SSSR count). The van der Waals surface area contributed by atoms with Crippen LogP contribution in [0.3, 0.4) is 0 Å². The van der Waals surface area contributed by atoms with Crippen LogP contribution in [0.25, 0.3) is 0 Å². The highest BCUT2D eigenvalue weighted by atomic mass is 35.5. The van der Waals surface area contributed by atoms with Gasteiger partial charge in [-0.25, -0.2) is 12.8 Å². The number of carbonyl (C=O) groups is 1. The maximum Gasteiger partial charge on any atom is 0.264 e. The van der Waals surface area contributed by atoms with Crippen LogP contribution in [-0.4, -0.2) is 20.9 Å². The Kier molecular flexibility index (Phi) is 8.56. The molecule has 0 fully saturated rings. The van der Waals surface area contributed by atoms with Crippen molar-refractivity contribution in [1.82, 2.24) is 0 Å². The Hall–Kier alpha value is -3.59. The fourth-order valence-electron chi connectivity index (χ4n) is 3.54. The monoisotopic (exact) mass is 572 g/mol. The lowest BCUT2D eigenvalue weighted by Crippen LogP contribution is -2.30. The third-order valence-electron chi connectivity index (χ3n) is 5.55. The summed E-state index contributed by atoms with van der Waals surface area (Å²) in [6, 6.07) is 23.8. The predicted octanol–water partition coefficient (Wildman–Crippen LogP) is 6.85. The minimum Gasteiger partial charge on any atom is -0.484 e. The molecule has 10 heteroatoms. The van der Waals surface area contributed by atoms with E-state index in [1.165, 1.54) is 16.4 Å². The highest BCUT2D eigenvalue weighted by Crippen LogP contribution is 2.28. The van der Waals surface area contributed by atoms with Gasteiger partial charge in [-0.15, -0.1) is 0 Å². The van der Waals surface area contributed by atoms with Crippen molar-refractivity contribution in [1.29, 1.82) is 0 Å². The molecule has 0 spiro atoms. The summed E-state index contributed by atoms with van der Waals surface area (Å²) in [7, 11) is -3.90. The molecule has 4 aromatic carbocycles. The second-order valence-corrected chi connectivity index (χ2v) is 11.1. The van der Waals surface area contributed by atoms with Gasteiger partial charge in [0.1, 0.15) is 11.6 Å². The van der Waals surface area contributed by atoms with Gasteiger partial charge in [0.05, 0.1) is 22.2 Å². The van der Waals surface area contributed by atoms with Gasteiger partial charge < -0.3 is 10.1 Å². The number of benzene rings is 4. The SMILES string of the molecule is Cc1ccc(S(=O)(=O)N(Cc2ccc(Cl)cc2)c2ccc(OCC(=O)Nc3ccc(F)c(Cl)c3)cc2)cc1. The summed E-state index contributed by atoms with van der Waals surface area (Å²) in [5.41, 5.74) is 2.45. The lowest BCUT2D eigenvalue weighted by atomic mass is 10.2. The highest BCUT2D eigenvalue weighted by Gasteiger charge is 2.25. The molecule has 4 aromatic rings. The molecule has 196 valence electrons. The highest BCUT2D eigenvalue weighted by molar-refractivity contribution is 7.92. The number of carbonyl (C=O) groups excluding carboxylic acids is 1. The molecular weight excluding hydrogens is 550 g/mol. The molecule has 0 heterocycles. The molecule has 38 heavy (non-hydrogen) atoms. The van der Waals surface area contributed by atoms with Gasteiger partial charge in [-0.05, 0) is 79.2 Å². The van der Waals surface area contributed by atoms with E-state index in [0.29, 0.717) is 22.1 Å². The standard InChI is InChI=1S/C28H23Cl2FN2O4S/c1-19-2-13-25(14-3-19)38(35,36)33(17-20-4-6-21(29)7-5-20)23-9-11-24(12-10-23)37-18-28(34)32-22-8-15-27(31)26(30)16-22/h2-16H,17-18H2,1H3,(H,32,34). The van der Waals surface area contributed by atoms with Crippen LogP contribution in [0.5, 0.6) is 5.75 Å². The summed E-state index contributed by atoms with van der Waals surface area (Å²) in [4.78, 5) is 12.4. The maximum atomic E-state index is 13.6. The zero-order valence-corrected chi connectivity index (χ0v) is 22.5. The third-order valence-corrected chi connectivity index (χ3v) is 7.88. The van der Waals surface area contributed by atoms with Gasteiger partial charge in [0, 0.05) is 10.7 Å². The Morgan fingerprint density at radius 3 is 2.21 bits per heavy atom. The van der Waals surface area contributed by atoms with Crippen molar-refractivity contribution in [2.75, 3.05) is 16.2 Å². The number of nitrogens with one attached hydrogen (secondary N) is 1. The van der Waals surface area contributed by atoms with Gasteiger partial charge in [-0.1, -0.05) is 53.0 Å². The van der Waals surface area contributed by atoms with Crippen LogP contribution in [-0.2, 0) is 21.4 Å². The summed E-state index contributed by atoms with van der Waals surface area (Å²) in [6.45, 7) is 1.65. The van der Waals surface area contributed by atoms with Crippen LogP contribution in [0.4, 0.5) is 15.8 Å². The van der Waals surface area contributed by atoms with E-state index in [2.05, 4.69) is 5.32 Å². The summed E-state index contributed by atoms with van der Waals surface area (Å²) in [6.07, 6.45) is 0. The molecule has 0 radical (unpaired) electrons. The number of halogens is 3. The van der Waals surface area contributed by atoms with Crippen LogP contribution in [0.2, 0.25) is 10.0 Å². The molecule has 0 atom stereocenters. The van der Waals surface area contributed by atoms with Crippen molar-refractivity contribution in [2.24, 2.45) is 0 Å². The van der Waals surface area contributed by atoms with Gasteiger partial charge in [-0.3, -0.25) is 9.10 Å². The van der Waals surface area contributed by atoms with E-state index in [-0.39, 0.29) is 23.1 Å². The fourth-order valence-corrected chi connectivity index (χ4v) is 5.30. The van der Waals surface area contributed by atoms with Crippen molar-refractivity contribution in [3.8, 4) is 5.75 Å². The largest absolute Gasteiger partial charge is 0.484 e. The van der Waals surface area contributed by atoms with E-state index in [4.69, 9.17) is 27.9 Å². The van der Waals surface area contributed by atoms with E-state index < -0.39 is 21.7 Å². The summed E-state index contributed by atoms with van der Waals surface area (Å²) in [5.74, 6) is -0.696. The summed E-state index contributed by atoms with van der Waals surface area (Å²) in [5, 5.41) is 3.01. The molecule has 0 aliphatic heterocycles. The molecule has 0 unspecified atom stereocenters. The van der Waals surface area contributed by atoms with E-state index >= 15 is 0 Å². The topological polar surface area (TPSA) is 75.7 Å². The van der Waals surface area contributed by atoms with Crippen molar-refractivity contribution >= 4 is 50.5 Å². The number of hydrogen-bond acceptors (Lipinski definition) is 4. The minimum atomic E-state index is -3.90. The molecule has 0 saturated heterocycles. The van der Waals surface area contributed by atoms with E-state index in [1.54, 1.807) is 72.8 Å². The average molecular weight is 573 g/mol. The van der Waals surface area contributed by atoms with Gasteiger partial charge in [0.25, 0.3) is 15.9 Å². The Morgan fingerprint density at radius 2 is 1.58 bits per heavy atom. The van der Waals surface area contributed by atoms with Crippen molar-refractivity contribution in [2.45, 2.75) is 18.4 Å². The lowest BCUT2D eigenvalue weighted by molar-refractivity contribution is -0.118. The number of nitrogens with zero attached hydrogens (tertiary/aromatic N) is 1. The van der Waals surface area contributed by atoms with Crippen LogP contribution < -0.4 is 14.4 Å². The molecule has 0 saturated carbocycles. The zero-order valence-electron chi connectivity index (χ0n) is 20.2. The van der Waals surface area contributed by atoms with Gasteiger partial charge in [0.15, 0.2) is 6.61 Å². The average Bonchev–Trinajstić information content (AvgIpc) is 2.90. The second-order valence-electron chi connectivity index (χ2n) is 8.41. The zero-order chi connectivity index (χ0) is 27.3. The molecule has 1 N–H and O–H groups in total. The quantitative estimate of drug-likeness (QED) is 0.238. The predicted molar refractivity (Wildman–Crippen MR) is 148 cm³/mol. The number of sulfonamides is 1. The van der Waals surface area contributed by atoms with Crippen molar-refractivity contribution in [3.63, 3.8) is 0 Å². The minimum absolute atomic E-state index is 0.0796. The van der Waals surface area contributed by atoms with Crippen LogP contribution in [0.15, 0.2) is 95.9 Å². The number of rotatable bonds is 9. The fraction of sp³-hybridized carbons (Fsp3) is 0.107. The molecule has 0 bridgehead atoms. The second kappa shape index (κ2) is 11.9. The lowest BCUT2D eigenvalue weighted by Gasteiger charge is -2.25. The first-order valence-corrected chi connectivity index (χ1v) is 13.6. The third kappa shape index (κ3) is 6.83. The van der Waals surface area contributed by atoms with E-state index in [0.717, 1.165) is 17.2 Å². The molecule has 0 aromatic heterocycles. The molecule has 0 aliphatic carbocycles. The first-order chi connectivity index (χ1) is 18.1. The number of aryl methyl sites for hydroxylation is 1. The Balaban J connectivity index is 1.51. The normalized spacial score (nSPS) is 11.2. The molecule has 1 amide bonds. The van der Waals surface area contributed by atoms with E-state index in [1.807, 2.05) is 6.92 Å². The maximum absolute atomic E-state index is 13.6. The van der Waals surface area contributed by atoms with Gasteiger partial charge in [-0.2, -0.15) is 0 Å². The smallest absolute Gasteiger partial charge is 0.264 e. The Morgan fingerprint density at radius 1 is 0.921 bits per heavy atom. The summed E-state index contributed by atoms with van der Waals surface area (Å²) < 4.78 is 47.4. The molecule has 6 nitrogen and oxygen atoms in total. The number of hydrogen-bond donors (Lipinski definition) is 1. The van der Waals surface area contributed by atoms with Crippen molar-refractivity contribution in [3.05, 3.63) is 118 Å². The van der Waals surface area contributed by atoms with Crippen LogP contribution in [0.1, 0.15) is 11.1 Å². The van der Waals surface area contributed by atoms with E-state index in [9.17, 15) is 17.6 Å². The number of anilines is 2. The summed E-state index contributed by atoms with van der Waals surface area (Å²) >= 11 is 11.7. The van der Waals surface area contributed by atoms with Crippen molar-refractivity contribution < 1.29 is 22.3 Å². The first kappa shape index (κ1) is 27.4. The van der Waals surface area contributed by atoms with Gasteiger partial charge >= 0.3 is 0 Å². The Labute approximate surface area is 230 Å².